The van der Waals surface area contributed by atoms with Crippen LogP contribution in [0.4, 0.5) is 5.69 Å². The fourth-order valence-electron chi connectivity index (χ4n) is 2.45. The smallest absolute Gasteiger partial charge is 0.265 e. The first-order chi connectivity index (χ1) is 13.3. The highest BCUT2D eigenvalue weighted by Gasteiger charge is 2.17. The van der Waals surface area contributed by atoms with Crippen LogP contribution in [0.1, 0.15) is 33.3 Å². The van der Waals surface area contributed by atoms with Crippen LogP contribution in [0.25, 0.3) is 0 Å². The Kier molecular flexibility index (Phi) is 6.36. The summed E-state index contributed by atoms with van der Waals surface area (Å²) in [6, 6.07) is 15.5. The topological polar surface area (TPSA) is 64.1 Å². The van der Waals surface area contributed by atoms with Gasteiger partial charge >= 0.3 is 0 Å². The normalized spacial score (nSPS) is 12.4. The molecule has 0 saturated heterocycles. The predicted octanol–water partition coefficient (Wildman–Crippen LogP) is 5.39. The quantitative estimate of drug-likeness (QED) is 0.587. The van der Waals surface area contributed by atoms with Crippen LogP contribution in [0.15, 0.2) is 63.3 Å². The number of amides is 1. The molecule has 0 aliphatic carbocycles. The summed E-state index contributed by atoms with van der Waals surface area (Å²) in [5, 5.41) is 10.7. The van der Waals surface area contributed by atoms with Gasteiger partial charge in [-0.05, 0) is 54.3 Å². The lowest BCUT2D eigenvalue weighted by molar-refractivity contribution is -0.122. The van der Waals surface area contributed by atoms with Gasteiger partial charge in [0.05, 0.1) is 0 Å². The lowest BCUT2D eigenvalue weighted by Gasteiger charge is -2.20. The predicted molar refractivity (Wildman–Crippen MR) is 114 cm³/mol. The van der Waals surface area contributed by atoms with Crippen molar-refractivity contribution in [2.45, 2.75) is 48.4 Å². The number of anilines is 1. The molecule has 7 heteroatoms. The van der Waals surface area contributed by atoms with E-state index in [-0.39, 0.29) is 11.3 Å². The summed E-state index contributed by atoms with van der Waals surface area (Å²) in [5.74, 6) is 0.490. The van der Waals surface area contributed by atoms with Crippen LogP contribution in [0.3, 0.4) is 0 Å². The van der Waals surface area contributed by atoms with Crippen LogP contribution in [-0.4, -0.2) is 22.2 Å². The molecule has 0 bridgehead atoms. The van der Waals surface area contributed by atoms with Gasteiger partial charge in [0, 0.05) is 10.6 Å². The van der Waals surface area contributed by atoms with Crippen molar-refractivity contribution in [2.24, 2.45) is 0 Å². The van der Waals surface area contributed by atoms with E-state index < -0.39 is 6.10 Å². The first-order valence-corrected chi connectivity index (χ1v) is 10.6. The molecule has 5 nitrogen and oxygen atoms in total. The second-order valence-electron chi connectivity index (χ2n) is 7.35. The standard InChI is InChI=1S/C21H23N3O2S2/c1-14(26-17-9-5-15(6-10-17)21(2,3)4)19(25)23-16-7-11-18(12-8-16)28-20-24-22-13-27-20/h5-14H,1-4H3,(H,23,25). The van der Waals surface area contributed by atoms with E-state index in [1.165, 1.54) is 16.9 Å². The second-order valence-corrected chi connectivity index (χ2v) is 9.51. The van der Waals surface area contributed by atoms with Crippen molar-refractivity contribution in [3.8, 4) is 5.75 Å². The summed E-state index contributed by atoms with van der Waals surface area (Å²) in [5.41, 5.74) is 3.74. The summed E-state index contributed by atoms with van der Waals surface area (Å²) in [7, 11) is 0. The summed E-state index contributed by atoms with van der Waals surface area (Å²) in [6.45, 7) is 8.23. The number of ether oxygens (including phenoxy) is 1. The monoisotopic (exact) mass is 413 g/mol. The average molecular weight is 414 g/mol. The van der Waals surface area contributed by atoms with E-state index >= 15 is 0 Å². The van der Waals surface area contributed by atoms with Crippen molar-refractivity contribution >= 4 is 34.7 Å². The Labute approximate surface area is 173 Å². The first-order valence-electron chi connectivity index (χ1n) is 8.93. The number of aromatic nitrogens is 2. The molecule has 3 rings (SSSR count). The Bertz CT molecular complexity index is 902. The largest absolute Gasteiger partial charge is 0.481 e. The molecule has 1 unspecified atom stereocenters. The molecule has 146 valence electrons. The van der Waals surface area contributed by atoms with E-state index in [1.54, 1.807) is 24.2 Å². The Hall–Kier alpha value is -2.38. The number of hydrogen-bond acceptors (Lipinski definition) is 6. The van der Waals surface area contributed by atoms with Crippen molar-refractivity contribution in [1.82, 2.24) is 10.2 Å². The van der Waals surface area contributed by atoms with Gasteiger partial charge in [-0.3, -0.25) is 4.79 Å². The zero-order valence-corrected chi connectivity index (χ0v) is 17.9. The maximum atomic E-state index is 12.4. The zero-order valence-electron chi connectivity index (χ0n) is 16.3. The molecule has 1 aromatic heterocycles. The van der Waals surface area contributed by atoms with Gasteiger partial charge in [-0.1, -0.05) is 56.0 Å². The van der Waals surface area contributed by atoms with Crippen LogP contribution in [-0.2, 0) is 10.2 Å². The van der Waals surface area contributed by atoms with Gasteiger partial charge in [0.25, 0.3) is 5.91 Å². The Morgan fingerprint density at radius 1 is 1.11 bits per heavy atom. The lowest BCUT2D eigenvalue weighted by Crippen LogP contribution is -2.30. The first kappa shape index (κ1) is 20.4. The Balaban J connectivity index is 1.55. The highest BCUT2D eigenvalue weighted by molar-refractivity contribution is 8.01. The van der Waals surface area contributed by atoms with E-state index in [4.69, 9.17) is 4.74 Å². The summed E-state index contributed by atoms with van der Waals surface area (Å²) >= 11 is 3.03. The molecule has 1 heterocycles. The van der Waals surface area contributed by atoms with Gasteiger partial charge in [-0.15, -0.1) is 10.2 Å². The van der Waals surface area contributed by atoms with Crippen molar-refractivity contribution in [1.29, 1.82) is 0 Å². The number of hydrogen-bond donors (Lipinski definition) is 1. The minimum absolute atomic E-state index is 0.0854. The molecule has 28 heavy (non-hydrogen) atoms. The highest BCUT2D eigenvalue weighted by atomic mass is 32.2. The van der Waals surface area contributed by atoms with Gasteiger partial charge in [-0.25, -0.2) is 0 Å². The molecule has 0 fully saturated rings. The molecular formula is C21H23N3O2S2. The zero-order chi connectivity index (χ0) is 20.1. The van der Waals surface area contributed by atoms with Crippen LogP contribution >= 0.6 is 23.1 Å². The van der Waals surface area contributed by atoms with E-state index in [9.17, 15) is 4.79 Å². The number of rotatable bonds is 6. The van der Waals surface area contributed by atoms with Crippen LogP contribution in [0.2, 0.25) is 0 Å². The molecule has 1 N–H and O–H groups in total. The third-order valence-electron chi connectivity index (χ3n) is 4.07. The summed E-state index contributed by atoms with van der Waals surface area (Å²) in [6.07, 6.45) is -0.601. The molecule has 3 aromatic rings. The third-order valence-corrected chi connectivity index (χ3v) is 5.86. The Morgan fingerprint density at radius 2 is 1.79 bits per heavy atom. The van der Waals surface area contributed by atoms with E-state index in [2.05, 4.69) is 36.3 Å². The minimum Gasteiger partial charge on any atom is -0.481 e. The number of benzene rings is 2. The van der Waals surface area contributed by atoms with Crippen molar-refractivity contribution in [2.75, 3.05) is 5.32 Å². The van der Waals surface area contributed by atoms with Gasteiger partial charge in [0.15, 0.2) is 10.4 Å². The second kappa shape index (κ2) is 8.75. The van der Waals surface area contributed by atoms with Gasteiger partial charge < -0.3 is 10.1 Å². The SMILES string of the molecule is CC(Oc1ccc(C(C)(C)C)cc1)C(=O)Nc1ccc(Sc2nncs2)cc1. The maximum absolute atomic E-state index is 12.4. The molecular weight excluding hydrogens is 390 g/mol. The van der Waals surface area contributed by atoms with Gasteiger partial charge in [0.2, 0.25) is 0 Å². The van der Waals surface area contributed by atoms with Crippen molar-refractivity contribution < 1.29 is 9.53 Å². The molecule has 1 amide bonds. The van der Waals surface area contributed by atoms with Crippen LogP contribution in [0, 0.1) is 0 Å². The van der Waals surface area contributed by atoms with E-state index in [1.807, 2.05) is 48.5 Å². The molecule has 0 aliphatic heterocycles. The molecule has 1 atom stereocenters. The van der Waals surface area contributed by atoms with E-state index in [0.717, 1.165) is 14.9 Å². The Morgan fingerprint density at radius 3 is 2.36 bits per heavy atom. The summed E-state index contributed by atoms with van der Waals surface area (Å²) in [4.78, 5) is 13.5. The molecule has 0 radical (unpaired) electrons. The molecule has 0 aliphatic rings. The van der Waals surface area contributed by atoms with Gasteiger partial charge in [-0.2, -0.15) is 0 Å². The van der Waals surface area contributed by atoms with Gasteiger partial charge in [0.1, 0.15) is 11.3 Å². The van der Waals surface area contributed by atoms with E-state index in [0.29, 0.717) is 5.75 Å². The molecule has 2 aromatic carbocycles. The summed E-state index contributed by atoms with van der Waals surface area (Å²) < 4.78 is 6.67. The average Bonchev–Trinajstić information content (AvgIpc) is 3.16. The number of carbonyl (C=O) groups is 1. The minimum atomic E-state index is -0.601. The van der Waals surface area contributed by atoms with Crippen LogP contribution in [0.5, 0.6) is 5.75 Å². The molecule has 0 spiro atoms. The van der Waals surface area contributed by atoms with Crippen LogP contribution < -0.4 is 10.1 Å². The lowest BCUT2D eigenvalue weighted by atomic mass is 9.87. The molecule has 0 saturated carbocycles. The number of nitrogens with zero attached hydrogens (tertiary/aromatic N) is 2. The fourth-order valence-corrected chi connectivity index (χ4v) is 3.90. The maximum Gasteiger partial charge on any atom is 0.265 e. The number of carbonyl (C=O) groups excluding carboxylic acids is 1. The number of nitrogens with one attached hydrogen (secondary N) is 1. The van der Waals surface area contributed by atoms with Crippen molar-refractivity contribution in [3.05, 3.63) is 59.6 Å². The third kappa shape index (κ3) is 5.56. The highest BCUT2D eigenvalue weighted by Crippen LogP contribution is 2.29. The van der Waals surface area contributed by atoms with Crippen molar-refractivity contribution in [3.63, 3.8) is 0 Å². The fraction of sp³-hybridized carbons (Fsp3) is 0.286.